The average molecular weight is 439 g/mol. The van der Waals surface area contributed by atoms with E-state index in [1.807, 2.05) is 48.5 Å². The maximum atomic E-state index is 13.1. The molecule has 1 unspecified atom stereocenters. The van der Waals surface area contributed by atoms with Crippen LogP contribution in [-0.4, -0.2) is 61.6 Å². The minimum atomic E-state index is -0.285. The summed E-state index contributed by atoms with van der Waals surface area (Å²) in [6, 6.07) is 15.4. The zero-order chi connectivity index (χ0) is 22.5. The molecule has 7 heteroatoms. The van der Waals surface area contributed by atoms with Crippen LogP contribution in [0.15, 0.2) is 48.5 Å². The minimum absolute atomic E-state index is 0.0572. The van der Waals surface area contributed by atoms with Gasteiger partial charge in [-0.3, -0.25) is 9.59 Å². The van der Waals surface area contributed by atoms with Crippen molar-refractivity contribution in [1.29, 1.82) is 0 Å². The van der Waals surface area contributed by atoms with Gasteiger partial charge in [-0.25, -0.2) is 0 Å². The predicted octanol–water partition coefficient (Wildman–Crippen LogP) is 2.87. The summed E-state index contributed by atoms with van der Waals surface area (Å²) in [5.41, 5.74) is 1.94. The van der Waals surface area contributed by atoms with E-state index in [1.165, 1.54) is 0 Å². The lowest BCUT2D eigenvalue weighted by Gasteiger charge is -2.25. The molecule has 1 atom stereocenters. The first-order valence-corrected chi connectivity index (χ1v) is 11.0. The first-order chi connectivity index (χ1) is 15.6. The molecule has 0 radical (unpaired) electrons. The van der Waals surface area contributed by atoms with E-state index in [0.29, 0.717) is 26.2 Å². The predicted molar refractivity (Wildman–Crippen MR) is 119 cm³/mol. The van der Waals surface area contributed by atoms with E-state index in [2.05, 4.69) is 0 Å². The highest BCUT2D eigenvalue weighted by Gasteiger charge is 2.38. The van der Waals surface area contributed by atoms with Gasteiger partial charge in [0, 0.05) is 31.1 Å². The van der Waals surface area contributed by atoms with Gasteiger partial charge in [-0.2, -0.15) is 0 Å². The number of carbonyl (C=O) groups excluding carboxylic acids is 2. The van der Waals surface area contributed by atoms with Crippen LogP contribution in [0.2, 0.25) is 0 Å². The van der Waals surface area contributed by atoms with E-state index in [9.17, 15) is 9.59 Å². The SMILES string of the molecule is COc1ccc(CN2CC(OCc3ccccc3OC)CN(C(=O)C3CC3)CC2=O)cc1. The van der Waals surface area contributed by atoms with Crippen molar-refractivity contribution in [3.05, 3.63) is 59.7 Å². The first-order valence-electron chi connectivity index (χ1n) is 11.0. The van der Waals surface area contributed by atoms with Crippen LogP contribution in [0.3, 0.4) is 0 Å². The highest BCUT2D eigenvalue weighted by atomic mass is 16.5. The number of ether oxygens (including phenoxy) is 3. The minimum Gasteiger partial charge on any atom is -0.497 e. The number of amides is 2. The summed E-state index contributed by atoms with van der Waals surface area (Å²) in [6.45, 7) is 1.75. The molecule has 32 heavy (non-hydrogen) atoms. The third kappa shape index (κ3) is 5.40. The summed E-state index contributed by atoms with van der Waals surface area (Å²) < 4.78 is 16.9. The Morgan fingerprint density at radius 1 is 1.00 bits per heavy atom. The Balaban J connectivity index is 1.49. The van der Waals surface area contributed by atoms with E-state index < -0.39 is 0 Å². The molecule has 0 bridgehead atoms. The number of hydrogen-bond acceptors (Lipinski definition) is 5. The maximum Gasteiger partial charge on any atom is 0.242 e. The van der Waals surface area contributed by atoms with E-state index in [0.717, 1.165) is 35.5 Å². The van der Waals surface area contributed by atoms with Crippen LogP contribution in [0.4, 0.5) is 0 Å². The zero-order valence-corrected chi connectivity index (χ0v) is 18.7. The quantitative estimate of drug-likeness (QED) is 0.634. The molecule has 1 aliphatic heterocycles. The smallest absolute Gasteiger partial charge is 0.242 e. The fourth-order valence-corrected chi connectivity index (χ4v) is 3.97. The fraction of sp³-hybridized carbons (Fsp3) is 0.440. The van der Waals surface area contributed by atoms with Crippen LogP contribution in [0, 0.1) is 5.92 Å². The summed E-state index contributed by atoms with van der Waals surface area (Å²) in [5, 5.41) is 0. The number of para-hydroxylation sites is 1. The van der Waals surface area contributed by atoms with Crippen LogP contribution in [0.1, 0.15) is 24.0 Å². The maximum absolute atomic E-state index is 13.1. The molecule has 2 aromatic rings. The third-order valence-corrected chi connectivity index (χ3v) is 5.96. The molecule has 170 valence electrons. The molecule has 4 rings (SSSR count). The van der Waals surface area contributed by atoms with Crippen LogP contribution in [0.5, 0.6) is 11.5 Å². The van der Waals surface area contributed by atoms with Gasteiger partial charge in [0.25, 0.3) is 0 Å². The van der Waals surface area contributed by atoms with Crippen LogP contribution >= 0.6 is 0 Å². The van der Waals surface area contributed by atoms with Crippen molar-refractivity contribution >= 4 is 11.8 Å². The number of nitrogens with zero attached hydrogens (tertiary/aromatic N) is 2. The van der Waals surface area contributed by atoms with E-state index in [4.69, 9.17) is 14.2 Å². The lowest BCUT2D eigenvalue weighted by atomic mass is 10.2. The van der Waals surface area contributed by atoms with Gasteiger partial charge < -0.3 is 24.0 Å². The molecule has 1 saturated heterocycles. The summed E-state index contributed by atoms with van der Waals surface area (Å²) >= 11 is 0. The monoisotopic (exact) mass is 438 g/mol. The Morgan fingerprint density at radius 2 is 1.75 bits per heavy atom. The van der Waals surface area contributed by atoms with Crippen molar-refractivity contribution in [2.45, 2.75) is 32.1 Å². The van der Waals surface area contributed by atoms with Crippen molar-refractivity contribution < 1.29 is 23.8 Å². The van der Waals surface area contributed by atoms with Gasteiger partial charge in [0.2, 0.25) is 11.8 Å². The molecule has 0 N–H and O–H groups in total. The Morgan fingerprint density at radius 3 is 2.44 bits per heavy atom. The first kappa shape index (κ1) is 22.1. The van der Waals surface area contributed by atoms with Crippen molar-refractivity contribution in [2.75, 3.05) is 33.9 Å². The van der Waals surface area contributed by atoms with Crippen molar-refractivity contribution in [1.82, 2.24) is 9.80 Å². The normalized spacial score (nSPS) is 18.9. The number of hydrogen-bond donors (Lipinski definition) is 0. The van der Waals surface area contributed by atoms with Gasteiger partial charge in [-0.1, -0.05) is 30.3 Å². The van der Waals surface area contributed by atoms with Gasteiger partial charge in [0.1, 0.15) is 11.5 Å². The molecule has 2 amide bonds. The Kier molecular flexibility index (Phi) is 6.95. The third-order valence-electron chi connectivity index (χ3n) is 5.96. The summed E-state index contributed by atoms with van der Waals surface area (Å²) in [5.74, 6) is 1.60. The molecule has 1 saturated carbocycles. The standard InChI is InChI=1S/C25H30N2O5/c1-30-21-11-7-18(8-12-21)13-26-14-22(32-17-20-5-3-4-6-23(20)31-2)15-27(16-24(26)28)25(29)19-9-10-19/h3-8,11-12,19,22H,9-10,13-17H2,1-2H3. The summed E-state index contributed by atoms with van der Waals surface area (Å²) in [7, 11) is 3.26. The molecular formula is C25H30N2O5. The lowest BCUT2D eigenvalue weighted by molar-refractivity contribution is -0.139. The van der Waals surface area contributed by atoms with Gasteiger partial charge in [-0.05, 0) is 36.6 Å². The second kappa shape index (κ2) is 10.0. The summed E-state index contributed by atoms with van der Waals surface area (Å²) in [4.78, 5) is 29.3. The molecule has 1 heterocycles. The molecule has 2 aliphatic rings. The van der Waals surface area contributed by atoms with Gasteiger partial charge >= 0.3 is 0 Å². The highest BCUT2D eigenvalue weighted by Crippen LogP contribution is 2.31. The number of benzene rings is 2. The number of methoxy groups -OCH3 is 2. The van der Waals surface area contributed by atoms with Crippen LogP contribution < -0.4 is 9.47 Å². The Bertz CT molecular complexity index is 942. The van der Waals surface area contributed by atoms with E-state index >= 15 is 0 Å². The van der Waals surface area contributed by atoms with Crippen molar-refractivity contribution in [3.8, 4) is 11.5 Å². The Hall–Kier alpha value is -3.06. The van der Waals surface area contributed by atoms with Gasteiger partial charge in [0.15, 0.2) is 0 Å². The largest absolute Gasteiger partial charge is 0.497 e. The number of rotatable bonds is 8. The fourth-order valence-electron chi connectivity index (χ4n) is 3.97. The van der Waals surface area contributed by atoms with Crippen LogP contribution in [0.25, 0.3) is 0 Å². The highest BCUT2D eigenvalue weighted by molar-refractivity contribution is 5.87. The van der Waals surface area contributed by atoms with Gasteiger partial charge in [0.05, 0.1) is 33.5 Å². The molecule has 0 spiro atoms. The van der Waals surface area contributed by atoms with E-state index in [1.54, 1.807) is 24.0 Å². The second-order valence-electron chi connectivity index (χ2n) is 8.36. The molecule has 2 aromatic carbocycles. The number of carbonyl (C=O) groups is 2. The van der Waals surface area contributed by atoms with Crippen LogP contribution in [-0.2, 0) is 27.5 Å². The van der Waals surface area contributed by atoms with Crippen molar-refractivity contribution in [2.24, 2.45) is 5.92 Å². The summed E-state index contributed by atoms with van der Waals surface area (Å²) in [6.07, 6.45) is 1.53. The molecular weight excluding hydrogens is 408 g/mol. The second-order valence-corrected chi connectivity index (χ2v) is 8.36. The lowest BCUT2D eigenvalue weighted by Crippen LogP contribution is -2.40. The topological polar surface area (TPSA) is 68.3 Å². The van der Waals surface area contributed by atoms with Gasteiger partial charge in [-0.15, -0.1) is 0 Å². The van der Waals surface area contributed by atoms with Crippen molar-refractivity contribution in [3.63, 3.8) is 0 Å². The molecule has 7 nitrogen and oxygen atoms in total. The molecule has 2 fully saturated rings. The zero-order valence-electron chi connectivity index (χ0n) is 18.7. The molecule has 0 aromatic heterocycles. The van der Waals surface area contributed by atoms with E-state index in [-0.39, 0.29) is 30.4 Å². The molecule has 1 aliphatic carbocycles. The Labute approximate surface area is 188 Å². The average Bonchev–Trinajstić information content (AvgIpc) is 3.67.